The second-order valence-corrected chi connectivity index (χ2v) is 3.68. The molecule has 0 radical (unpaired) electrons. The lowest BCUT2D eigenvalue weighted by atomic mass is 10.0. The van der Waals surface area contributed by atoms with Crippen molar-refractivity contribution in [3.05, 3.63) is 0 Å². The average Bonchev–Trinajstić information content (AvgIpc) is 2.30. The molecule has 0 aromatic heterocycles. The van der Waals surface area contributed by atoms with Crippen LogP contribution in [0.5, 0.6) is 0 Å². The van der Waals surface area contributed by atoms with Gasteiger partial charge in [-0.3, -0.25) is 9.59 Å². The van der Waals surface area contributed by atoms with Gasteiger partial charge in [0.05, 0.1) is 6.61 Å². The fourth-order valence-corrected chi connectivity index (χ4v) is 1.30. The number of aldehydes is 1. The maximum atomic E-state index is 10.9. The summed E-state index contributed by atoms with van der Waals surface area (Å²) in [5, 5.41) is 29.8. The summed E-state index contributed by atoms with van der Waals surface area (Å²) in [6, 6.07) is -1.32. The molecule has 4 N–H and O–H groups in total. The van der Waals surface area contributed by atoms with E-state index in [1.165, 1.54) is 0 Å². The third kappa shape index (κ3) is 5.21. The topological polar surface area (TPSA) is 133 Å². The Morgan fingerprint density at radius 2 is 1.89 bits per heavy atom. The van der Waals surface area contributed by atoms with Gasteiger partial charge in [-0.1, -0.05) is 0 Å². The van der Waals surface area contributed by atoms with Crippen molar-refractivity contribution in [1.29, 1.82) is 0 Å². The predicted octanol–water partition coefficient (Wildman–Crippen LogP) is -2.66. The third-order valence-electron chi connectivity index (χ3n) is 2.09. The lowest BCUT2D eigenvalue weighted by molar-refractivity contribution is -0.163. The maximum absolute atomic E-state index is 10.9. The van der Waals surface area contributed by atoms with E-state index in [2.05, 4.69) is 10.1 Å². The number of ether oxygens (including phenoxy) is 1. The van der Waals surface area contributed by atoms with Crippen LogP contribution in [0.2, 0.25) is 0 Å². The van der Waals surface area contributed by atoms with Crippen LogP contribution in [0.4, 0.5) is 0 Å². The minimum absolute atomic E-state index is 0.266. The summed E-state index contributed by atoms with van der Waals surface area (Å²) < 4.78 is 4.68. The number of amides is 1. The second kappa shape index (κ2) is 7.75. The minimum Gasteiger partial charge on any atom is -0.457 e. The first-order valence-corrected chi connectivity index (χ1v) is 5.20. The summed E-state index contributed by atoms with van der Waals surface area (Å²) in [6.45, 7) is 1.39. The second-order valence-electron chi connectivity index (χ2n) is 3.68. The molecule has 104 valence electrons. The molecule has 18 heavy (non-hydrogen) atoms. The molecule has 1 amide bonds. The average molecular weight is 263 g/mol. The number of rotatable bonds is 7. The highest BCUT2D eigenvalue weighted by Crippen LogP contribution is 2.09. The number of hydrogen-bond acceptors (Lipinski definition) is 7. The summed E-state index contributed by atoms with van der Waals surface area (Å²) in [7, 11) is 0. The lowest BCUT2D eigenvalue weighted by Crippen LogP contribution is -2.54. The third-order valence-corrected chi connectivity index (χ3v) is 2.09. The predicted molar refractivity (Wildman–Crippen MR) is 58.3 cm³/mol. The number of carbonyl (C=O) groups is 3. The zero-order valence-electron chi connectivity index (χ0n) is 10.1. The monoisotopic (exact) mass is 263 g/mol. The van der Waals surface area contributed by atoms with Crippen LogP contribution in [0.25, 0.3) is 0 Å². The zero-order valence-corrected chi connectivity index (χ0v) is 10.1. The van der Waals surface area contributed by atoms with Crippen LogP contribution in [-0.2, 0) is 19.1 Å². The van der Waals surface area contributed by atoms with E-state index in [-0.39, 0.29) is 6.29 Å². The number of esters is 1. The van der Waals surface area contributed by atoms with Crippen molar-refractivity contribution in [2.45, 2.75) is 38.2 Å². The molecule has 0 unspecified atom stereocenters. The van der Waals surface area contributed by atoms with E-state index in [4.69, 9.17) is 5.11 Å². The normalized spacial score (nSPS) is 17.2. The molecule has 0 spiro atoms. The van der Waals surface area contributed by atoms with E-state index in [1.807, 2.05) is 0 Å². The Kier molecular flexibility index (Phi) is 7.10. The first-order valence-electron chi connectivity index (χ1n) is 5.20. The molecule has 0 aromatic carbocycles. The van der Waals surface area contributed by atoms with Crippen LogP contribution in [-0.4, -0.2) is 64.4 Å². The van der Waals surface area contributed by atoms with Gasteiger partial charge >= 0.3 is 5.97 Å². The van der Waals surface area contributed by atoms with E-state index in [0.717, 1.165) is 13.8 Å². The number of carbonyl (C=O) groups excluding carboxylic acids is 3. The number of aliphatic hydroxyl groups excluding tert-OH is 3. The first kappa shape index (κ1) is 16.5. The van der Waals surface area contributed by atoms with E-state index < -0.39 is 42.8 Å². The molecule has 8 nitrogen and oxygen atoms in total. The van der Waals surface area contributed by atoms with Crippen LogP contribution >= 0.6 is 0 Å². The van der Waals surface area contributed by atoms with Crippen molar-refractivity contribution in [2.75, 3.05) is 6.61 Å². The molecule has 0 aromatic rings. The van der Waals surface area contributed by atoms with E-state index in [9.17, 15) is 24.6 Å². The van der Waals surface area contributed by atoms with Crippen molar-refractivity contribution < 1.29 is 34.4 Å². The highest BCUT2D eigenvalue weighted by Gasteiger charge is 2.35. The zero-order chi connectivity index (χ0) is 14.3. The lowest BCUT2D eigenvalue weighted by Gasteiger charge is -2.29. The molecule has 0 fully saturated rings. The van der Waals surface area contributed by atoms with Crippen LogP contribution in [0.3, 0.4) is 0 Å². The Hall–Kier alpha value is -1.51. The molecule has 0 aliphatic heterocycles. The number of aliphatic hydroxyl groups is 3. The van der Waals surface area contributed by atoms with Crippen molar-refractivity contribution in [3.8, 4) is 0 Å². The van der Waals surface area contributed by atoms with Gasteiger partial charge in [-0.05, 0) is 0 Å². The van der Waals surface area contributed by atoms with Crippen LogP contribution in [0.15, 0.2) is 0 Å². The molecule has 0 saturated carbocycles. The van der Waals surface area contributed by atoms with E-state index in [0.29, 0.717) is 0 Å². The fraction of sp³-hybridized carbons (Fsp3) is 0.700. The van der Waals surface area contributed by atoms with Crippen LogP contribution in [0, 0.1) is 0 Å². The molecule has 0 bridgehead atoms. The van der Waals surface area contributed by atoms with Gasteiger partial charge in [0.15, 0.2) is 6.10 Å². The molecular weight excluding hydrogens is 246 g/mol. The Balaban J connectivity index is 4.98. The van der Waals surface area contributed by atoms with Crippen molar-refractivity contribution >= 4 is 18.2 Å². The van der Waals surface area contributed by atoms with Gasteiger partial charge in [-0.2, -0.15) is 0 Å². The first-order chi connectivity index (χ1) is 8.33. The molecule has 0 heterocycles. The van der Waals surface area contributed by atoms with Gasteiger partial charge < -0.3 is 30.2 Å². The van der Waals surface area contributed by atoms with Gasteiger partial charge in [0.1, 0.15) is 24.5 Å². The van der Waals surface area contributed by atoms with Crippen molar-refractivity contribution in [2.24, 2.45) is 0 Å². The highest BCUT2D eigenvalue weighted by atomic mass is 16.6. The van der Waals surface area contributed by atoms with Gasteiger partial charge in [0, 0.05) is 13.8 Å². The van der Waals surface area contributed by atoms with Gasteiger partial charge in [0.25, 0.3) is 0 Å². The molecular formula is C10H17NO7. The van der Waals surface area contributed by atoms with Crippen LogP contribution in [0.1, 0.15) is 13.8 Å². The van der Waals surface area contributed by atoms with Gasteiger partial charge in [0.2, 0.25) is 5.91 Å². The van der Waals surface area contributed by atoms with Crippen molar-refractivity contribution in [3.63, 3.8) is 0 Å². The highest BCUT2D eigenvalue weighted by molar-refractivity contribution is 5.78. The number of hydrogen-bond donors (Lipinski definition) is 4. The maximum Gasteiger partial charge on any atom is 0.303 e. The van der Waals surface area contributed by atoms with E-state index in [1.54, 1.807) is 0 Å². The molecule has 0 rings (SSSR count). The summed E-state index contributed by atoms with van der Waals surface area (Å²) in [4.78, 5) is 32.5. The minimum atomic E-state index is -1.71. The molecule has 0 saturated heterocycles. The summed E-state index contributed by atoms with van der Waals surface area (Å²) in [5.74, 6) is -1.38. The quantitative estimate of drug-likeness (QED) is 0.291. The standard InChI is InChI=1S/C10H17NO7/c1-5(14)11-7(3-12)10(18-6(2)15)9(17)8(16)4-13/h3,7-10,13,16-17H,4H2,1-2H3,(H,11,14)/t7-,8-,9+,10+/m0/s1. The van der Waals surface area contributed by atoms with Crippen LogP contribution < -0.4 is 5.32 Å². The molecule has 0 aliphatic rings. The van der Waals surface area contributed by atoms with Gasteiger partial charge in [-0.15, -0.1) is 0 Å². The Morgan fingerprint density at radius 1 is 1.33 bits per heavy atom. The Bertz CT molecular complexity index is 307. The summed E-state index contributed by atoms with van der Waals surface area (Å²) in [5.41, 5.74) is 0. The Labute approximate surface area is 104 Å². The number of nitrogens with one attached hydrogen (secondary N) is 1. The smallest absolute Gasteiger partial charge is 0.303 e. The SMILES string of the molecule is CC(=O)N[C@@H](C=O)[C@@H](OC(C)=O)[C@H](O)[C@@H](O)CO. The molecule has 4 atom stereocenters. The summed E-state index contributed by atoms with van der Waals surface area (Å²) >= 11 is 0. The Morgan fingerprint density at radius 3 is 2.22 bits per heavy atom. The van der Waals surface area contributed by atoms with Gasteiger partial charge in [-0.25, -0.2) is 0 Å². The molecule has 0 aliphatic carbocycles. The fourth-order valence-electron chi connectivity index (χ4n) is 1.30. The largest absolute Gasteiger partial charge is 0.457 e. The summed E-state index contributed by atoms with van der Waals surface area (Å²) in [6.07, 6.45) is -4.53. The molecule has 8 heteroatoms. The van der Waals surface area contributed by atoms with Crippen molar-refractivity contribution in [1.82, 2.24) is 5.32 Å². The van der Waals surface area contributed by atoms with E-state index >= 15 is 0 Å².